The van der Waals surface area contributed by atoms with Gasteiger partial charge in [0.15, 0.2) is 0 Å². The van der Waals surface area contributed by atoms with E-state index in [1.807, 2.05) is 0 Å². The number of piperidine rings is 1. The van der Waals surface area contributed by atoms with Crippen molar-refractivity contribution in [3.05, 3.63) is 0 Å². The highest BCUT2D eigenvalue weighted by Gasteiger charge is 2.27. The van der Waals surface area contributed by atoms with Gasteiger partial charge in [-0.25, -0.2) is 0 Å². The minimum absolute atomic E-state index is 0.00983. The van der Waals surface area contributed by atoms with Crippen molar-refractivity contribution in [1.82, 2.24) is 4.90 Å². The number of amides is 1. The number of likely N-dealkylation sites (tertiary alicyclic amines) is 1. The number of alkyl halides is 1. The summed E-state index contributed by atoms with van der Waals surface area (Å²) in [5.41, 5.74) is 0. The predicted molar refractivity (Wildman–Crippen MR) is 51.9 cm³/mol. The molecule has 1 fully saturated rings. The minimum atomic E-state index is 0.00983. The predicted octanol–water partition coefficient (Wildman–Crippen LogP) is 1.11. The average Bonchev–Trinajstić information content (AvgIpc) is 2.17. The summed E-state index contributed by atoms with van der Waals surface area (Å²) in [5.74, 6) is 0.616. The van der Waals surface area contributed by atoms with Crippen LogP contribution in [-0.4, -0.2) is 43.0 Å². The van der Waals surface area contributed by atoms with Crippen LogP contribution in [0.25, 0.3) is 0 Å². The number of rotatable bonds is 2. The van der Waals surface area contributed by atoms with Crippen LogP contribution < -0.4 is 0 Å². The third-order valence-corrected chi connectivity index (χ3v) is 2.89. The Hall–Kier alpha value is -0.280. The maximum Gasteiger partial charge on any atom is 0.237 e. The third-order valence-electron chi connectivity index (χ3n) is 2.66. The summed E-state index contributed by atoms with van der Waals surface area (Å²) in [6.45, 7) is 3.65. The molecule has 2 unspecified atom stereocenters. The Morgan fingerprint density at radius 2 is 2.38 bits per heavy atom. The second-order valence-electron chi connectivity index (χ2n) is 3.51. The molecule has 13 heavy (non-hydrogen) atoms. The second-order valence-corrected chi connectivity index (χ2v) is 3.78. The molecule has 1 amide bonds. The molecule has 1 heterocycles. The van der Waals surface area contributed by atoms with Crippen molar-refractivity contribution in [1.29, 1.82) is 0 Å². The van der Waals surface area contributed by atoms with E-state index >= 15 is 0 Å². The Kier molecular flexibility index (Phi) is 4.00. The fourth-order valence-electron chi connectivity index (χ4n) is 1.65. The lowest BCUT2D eigenvalue weighted by Crippen LogP contribution is -2.47. The molecular weight excluding hydrogens is 190 g/mol. The van der Waals surface area contributed by atoms with Crippen LogP contribution in [0.3, 0.4) is 0 Å². The maximum atomic E-state index is 11.3. The smallest absolute Gasteiger partial charge is 0.237 e. The normalized spacial score (nSPS) is 29.0. The lowest BCUT2D eigenvalue weighted by molar-refractivity contribution is -0.133. The molecule has 2 atom stereocenters. The third kappa shape index (κ3) is 2.58. The van der Waals surface area contributed by atoms with Gasteiger partial charge in [0.05, 0.1) is 6.10 Å². The number of carbonyl (C=O) groups is 1. The highest BCUT2D eigenvalue weighted by molar-refractivity contribution is 6.27. The average molecular weight is 206 g/mol. The van der Waals surface area contributed by atoms with Crippen molar-refractivity contribution >= 4 is 17.5 Å². The molecule has 0 aromatic rings. The molecule has 0 N–H and O–H groups in total. The highest BCUT2D eigenvalue weighted by atomic mass is 35.5. The summed E-state index contributed by atoms with van der Waals surface area (Å²) in [6.07, 6.45) is 1.17. The van der Waals surface area contributed by atoms with E-state index in [1.54, 1.807) is 12.0 Å². The zero-order valence-corrected chi connectivity index (χ0v) is 8.88. The van der Waals surface area contributed by atoms with E-state index < -0.39 is 0 Å². The number of halogens is 1. The fourth-order valence-corrected chi connectivity index (χ4v) is 1.82. The maximum absolute atomic E-state index is 11.3. The van der Waals surface area contributed by atoms with Crippen molar-refractivity contribution in [2.75, 3.05) is 26.1 Å². The van der Waals surface area contributed by atoms with Crippen LogP contribution in [0.1, 0.15) is 13.3 Å². The Morgan fingerprint density at radius 3 is 2.92 bits per heavy atom. The van der Waals surface area contributed by atoms with Crippen molar-refractivity contribution in [3.8, 4) is 0 Å². The first kappa shape index (κ1) is 10.8. The number of nitrogens with zero attached hydrogens (tertiary/aromatic N) is 1. The van der Waals surface area contributed by atoms with Gasteiger partial charge in [-0.2, -0.15) is 0 Å². The Balaban J connectivity index is 2.49. The van der Waals surface area contributed by atoms with Gasteiger partial charge in [-0.1, -0.05) is 6.92 Å². The standard InChI is InChI=1S/C9H16ClNO2/c1-7-3-4-11(9(12)5-10)6-8(7)13-2/h7-8H,3-6H2,1-2H3. The first-order chi connectivity index (χ1) is 6.19. The van der Waals surface area contributed by atoms with Gasteiger partial charge in [0.1, 0.15) is 5.88 Å². The molecule has 0 saturated carbocycles. The van der Waals surface area contributed by atoms with Crippen LogP contribution in [-0.2, 0) is 9.53 Å². The Bertz CT molecular complexity index is 186. The molecule has 4 heteroatoms. The largest absolute Gasteiger partial charge is 0.379 e. The Labute approximate surface area is 84.0 Å². The van der Waals surface area contributed by atoms with E-state index in [1.165, 1.54) is 0 Å². The number of ether oxygens (including phenoxy) is 1. The van der Waals surface area contributed by atoms with E-state index in [0.717, 1.165) is 13.0 Å². The lowest BCUT2D eigenvalue weighted by atomic mass is 9.96. The Morgan fingerprint density at radius 1 is 1.69 bits per heavy atom. The zero-order chi connectivity index (χ0) is 9.84. The van der Waals surface area contributed by atoms with Crippen molar-refractivity contribution in [2.45, 2.75) is 19.4 Å². The van der Waals surface area contributed by atoms with E-state index in [0.29, 0.717) is 12.5 Å². The van der Waals surface area contributed by atoms with Gasteiger partial charge in [0.25, 0.3) is 0 Å². The lowest BCUT2D eigenvalue weighted by Gasteiger charge is -2.35. The van der Waals surface area contributed by atoms with Crippen LogP contribution in [0, 0.1) is 5.92 Å². The SMILES string of the molecule is COC1CN(C(=O)CCl)CCC1C. The van der Waals surface area contributed by atoms with Gasteiger partial charge >= 0.3 is 0 Å². The van der Waals surface area contributed by atoms with Crippen LogP contribution in [0.15, 0.2) is 0 Å². The van der Waals surface area contributed by atoms with Crippen molar-refractivity contribution < 1.29 is 9.53 Å². The first-order valence-corrected chi connectivity index (χ1v) is 5.09. The molecule has 1 aliphatic heterocycles. The molecule has 0 radical (unpaired) electrons. The minimum Gasteiger partial charge on any atom is -0.379 e. The van der Waals surface area contributed by atoms with Crippen molar-refractivity contribution in [3.63, 3.8) is 0 Å². The van der Waals surface area contributed by atoms with Gasteiger partial charge < -0.3 is 9.64 Å². The topological polar surface area (TPSA) is 29.5 Å². The summed E-state index contributed by atoms with van der Waals surface area (Å²) in [7, 11) is 1.69. The van der Waals surface area contributed by atoms with Gasteiger partial charge in [-0.15, -0.1) is 11.6 Å². The van der Waals surface area contributed by atoms with Gasteiger partial charge in [-0.05, 0) is 12.3 Å². The molecule has 3 nitrogen and oxygen atoms in total. The van der Waals surface area contributed by atoms with Crippen LogP contribution >= 0.6 is 11.6 Å². The highest BCUT2D eigenvalue weighted by Crippen LogP contribution is 2.19. The summed E-state index contributed by atoms with van der Waals surface area (Å²) in [6, 6.07) is 0. The fraction of sp³-hybridized carbons (Fsp3) is 0.889. The monoisotopic (exact) mass is 205 g/mol. The molecule has 0 spiro atoms. The van der Waals surface area contributed by atoms with Gasteiger partial charge in [0.2, 0.25) is 5.91 Å². The van der Waals surface area contributed by atoms with E-state index in [4.69, 9.17) is 16.3 Å². The summed E-state index contributed by atoms with van der Waals surface area (Å²) in [5, 5.41) is 0. The zero-order valence-electron chi connectivity index (χ0n) is 8.12. The molecule has 0 aliphatic carbocycles. The van der Waals surface area contributed by atoms with E-state index in [2.05, 4.69) is 6.92 Å². The van der Waals surface area contributed by atoms with E-state index in [-0.39, 0.29) is 17.9 Å². The number of methoxy groups -OCH3 is 1. The van der Waals surface area contributed by atoms with Gasteiger partial charge in [-0.3, -0.25) is 4.79 Å². The van der Waals surface area contributed by atoms with Crippen molar-refractivity contribution in [2.24, 2.45) is 5.92 Å². The van der Waals surface area contributed by atoms with E-state index in [9.17, 15) is 4.79 Å². The summed E-state index contributed by atoms with van der Waals surface area (Å²) >= 11 is 5.48. The second kappa shape index (κ2) is 4.82. The molecular formula is C9H16ClNO2. The molecule has 1 rings (SSSR count). The number of hydrogen-bond acceptors (Lipinski definition) is 2. The van der Waals surface area contributed by atoms with Gasteiger partial charge in [0, 0.05) is 20.2 Å². The number of carbonyl (C=O) groups excluding carboxylic acids is 1. The molecule has 0 aromatic carbocycles. The number of hydrogen-bond donors (Lipinski definition) is 0. The van der Waals surface area contributed by atoms with Crippen LogP contribution in [0.4, 0.5) is 0 Å². The van der Waals surface area contributed by atoms with Crippen LogP contribution in [0.5, 0.6) is 0 Å². The first-order valence-electron chi connectivity index (χ1n) is 4.55. The summed E-state index contributed by atoms with van der Waals surface area (Å²) in [4.78, 5) is 13.1. The quantitative estimate of drug-likeness (QED) is 0.633. The molecule has 0 aromatic heterocycles. The van der Waals surface area contributed by atoms with Crippen LogP contribution in [0.2, 0.25) is 0 Å². The molecule has 0 bridgehead atoms. The summed E-state index contributed by atoms with van der Waals surface area (Å²) < 4.78 is 5.29. The molecule has 1 aliphatic rings. The molecule has 1 saturated heterocycles. The molecule has 76 valence electrons.